The minimum Gasteiger partial charge on any atom is -0.352 e. The zero-order chi connectivity index (χ0) is 12.6. The second kappa shape index (κ2) is 8.34. The quantitative estimate of drug-likeness (QED) is 0.508. The lowest BCUT2D eigenvalue weighted by molar-refractivity contribution is -0.117. The second-order valence-corrected chi connectivity index (χ2v) is 4.52. The summed E-state index contributed by atoms with van der Waals surface area (Å²) >= 11 is 0. The van der Waals surface area contributed by atoms with Gasteiger partial charge in [0.2, 0.25) is 5.91 Å². The van der Waals surface area contributed by atoms with E-state index in [4.69, 9.17) is 0 Å². The number of carbonyl (C=O) groups is 1. The van der Waals surface area contributed by atoms with Gasteiger partial charge in [0.1, 0.15) is 0 Å². The lowest BCUT2D eigenvalue weighted by atomic mass is 10.2. The number of rotatable bonds is 8. The van der Waals surface area contributed by atoms with Gasteiger partial charge < -0.3 is 10.2 Å². The van der Waals surface area contributed by atoms with E-state index in [9.17, 15) is 4.79 Å². The highest BCUT2D eigenvalue weighted by molar-refractivity contribution is 5.91. The molecule has 0 atom stereocenters. The molecule has 0 saturated heterocycles. The molecule has 0 unspecified atom stereocenters. The van der Waals surface area contributed by atoms with Crippen molar-refractivity contribution in [2.24, 2.45) is 0 Å². The lowest BCUT2D eigenvalue weighted by Gasteiger charge is -2.25. The first kappa shape index (κ1) is 15.2. The fourth-order valence-corrected chi connectivity index (χ4v) is 1.55. The van der Waals surface area contributed by atoms with Crippen LogP contribution < -0.4 is 5.32 Å². The van der Waals surface area contributed by atoms with Gasteiger partial charge in [0.15, 0.2) is 0 Å². The smallest absolute Gasteiger partial charge is 0.246 e. The number of amides is 1. The molecular formula is C13H26N2O. The molecule has 0 bridgehead atoms. The minimum absolute atomic E-state index is 0.0356. The predicted molar refractivity (Wildman–Crippen MR) is 69.4 cm³/mol. The Morgan fingerprint density at radius 2 is 2.00 bits per heavy atom. The summed E-state index contributed by atoms with van der Waals surface area (Å²) in [5, 5.41) is 2.85. The molecule has 0 heterocycles. The Bertz CT molecular complexity index is 224. The maximum atomic E-state index is 11.2. The first-order valence-electron chi connectivity index (χ1n) is 6.16. The average molecular weight is 226 g/mol. The molecule has 0 aromatic carbocycles. The second-order valence-electron chi connectivity index (χ2n) is 4.52. The molecule has 0 fully saturated rings. The van der Waals surface area contributed by atoms with E-state index in [2.05, 4.69) is 37.6 Å². The maximum Gasteiger partial charge on any atom is 0.246 e. The number of nitrogens with zero attached hydrogens (tertiary/aromatic N) is 1. The number of nitrogens with one attached hydrogen (secondary N) is 1. The van der Waals surface area contributed by atoms with E-state index in [0.717, 1.165) is 26.1 Å². The van der Waals surface area contributed by atoms with E-state index in [0.29, 0.717) is 11.6 Å². The van der Waals surface area contributed by atoms with Gasteiger partial charge >= 0.3 is 0 Å². The third-order valence-corrected chi connectivity index (χ3v) is 2.54. The van der Waals surface area contributed by atoms with Crippen LogP contribution >= 0.6 is 0 Å². The van der Waals surface area contributed by atoms with Gasteiger partial charge in [-0.1, -0.05) is 13.5 Å². The van der Waals surface area contributed by atoms with Crippen molar-refractivity contribution in [3.05, 3.63) is 12.2 Å². The van der Waals surface area contributed by atoms with Gasteiger partial charge in [-0.05, 0) is 40.2 Å². The van der Waals surface area contributed by atoms with Crippen LogP contribution in [-0.4, -0.2) is 36.5 Å². The Balaban J connectivity index is 3.70. The summed E-state index contributed by atoms with van der Waals surface area (Å²) in [7, 11) is 0. The van der Waals surface area contributed by atoms with Crippen LogP contribution in [0.2, 0.25) is 0 Å². The Labute approximate surface area is 99.9 Å². The van der Waals surface area contributed by atoms with Crippen LogP contribution in [0.5, 0.6) is 0 Å². The Morgan fingerprint density at radius 3 is 2.44 bits per heavy atom. The van der Waals surface area contributed by atoms with Crippen LogP contribution in [0.3, 0.4) is 0 Å². The normalized spacial score (nSPS) is 10.9. The third-order valence-electron chi connectivity index (χ3n) is 2.54. The maximum absolute atomic E-state index is 11.2. The minimum atomic E-state index is -0.0356. The summed E-state index contributed by atoms with van der Waals surface area (Å²) in [6.45, 7) is 14.9. The molecule has 3 nitrogen and oxygen atoms in total. The van der Waals surface area contributed by atoms with Gasteiger partial charge in [-0.2, -0.15) is 0 Å². The van der Waals surface area contributed by atoms with E-state index >= 15 is 0 Å². The highest BCUT2D eigenvalue weighted by atomic mass is 16.1. The van der Waals surface area contributed by atoms with E-state index in [1.807, 2.05) is 0 Å². The van der Waals surface area contributed by atoms with Crippen molar-refractivity contribution in [1.82, 2.24) is 10.2 Å². The fourth-order valence-electron chi connectivity index (χ4n) is 1.55. The molecule has 0 radical (unpaired) electrons. The fraction of sp³-hybridized carbons (Fsp3) is 0.769. The molecule has 0 saturated carbocycles. The van der Waals surface area contributed by atoms with Crippen molar-refractivity contribution in [3.8, 4) is 0 Å². The summed E-state index contributed by atoms with van der Waals surface area (Å²) in [5.41, 5.74) is 0.578. The van der Waals surface area contributed by atoms with E-state index in [-0.39, 0.29) is 5.91 Å². The Kier molecular flexibility index (Phi) is 7.90. The molecule has 0 aliphatic rings. The summed E-state index contributed by atoms with van der Waals surface area (Å²) in [4.78, 5) is 13.7. The largest absolute Gasteiger partial charge is 0.352 e. The lowest BCUT2D eigenvalue weighted by Crippen LogP contribution is -2.35. The molecule has 0 aromatic rings. The van der Waals surface area contributed by atoms with Crippen molar-refractivity contribution in [3.63, 3.8) is 0 Å². The van der Waals surface area contributed by atoms with Crippen molar-refractivity contribution >= 4 is 5.91 Å². The van der Waals surface area contributed by atoms with Crippen LogP contribution in [0.1, 0.15) is 40.5 Å². The third kappa shape index (κ3) is 6.62. The molecule has 0 aliphatic carbocycles. The average Bonchev–Trinajstić information content (AvgIpc) is 2.21. The zero-order valence-electron chi connectivity index (χ0n) is 11.2. The highest BCUT2D eigenvalue weighted by Crippen LogP contribution is 2.00. The summed E-state index contributed by atoms with van der Waals surface area (Å²) in [6, 6.07) is 0.580. The van der Waals surface area contributed by atoms with Crippen LogP contribution in [-0.2, 0) is 4.79 Å². The molecule has 94 valence electrons. The highest BCUT2D eigenvalue weighted by Gasteiger charge is 2.07. The summed E-state index contributed by atoms with van der Waals surface area (Å²) in [5.74, 6) is -0.0356. The van der Waals surface area contributed by atoms with Crippen molar-refractivity contribution in [2.45, 2.75) is 46.6 Å². The van der Waals surface area contributed by atoms with Crippen molar-refractivity contribution in [1.29, 1.82) is 0 Å². The van der Waals surface area contributed by atoms with Gasteiger partial charge in [0.05, 0.1) is 0 Å². The van der Waals surface area contributed by atoms with Crippen LogP contribution in [0.25, 0.3) is 0 Å². The molecule has 0 rings (SSSR count). The molecule has 0 aliphatic heterocycles. The van der Waals surface area contributed by atoms with Crippen molar-refractivity contribution in [2.75, 3.05) is 19.6 Å². The number of carbonyl (C=O) groups excluding carboxylic acids is 1. The van der Waals surface area contributed by atoms with Crippen LogP contribution in [0, 0.1) is 0 Å². The summed E-state index contributed by atoms with van der Waals surface area (Å²) in [6.07, 6.45) is 2.17. The van der Waals surface area contributed by atoms with Crippen LogP contribution in [0.15, 0.2) is 12.2 Å². The molecule has 0 aromatic heterocycles. The molecule has 1 amide bonds. The van der Waals surface area contributed by atoms with Gasteiger partial charge in [-0.3, -0.25) is 4.79 Å². The van der Waals surface area contributed by atoms with E-state index < -0.39 is 0 Å². The van der Waals surface area contributed by atoms with Gasteiger partial charge in [0.25, 0.3) is 0 Å². The molecule has 1 N–H and O–H groups in total. The van der Waals surface area contributed by atoms with Crippen molar-refractivity contribution < 1.29 is 4.79 Å². The standard InChI is InChI=1S/C13H26N2O/c1-6-9-15(12(4)5)10-7-8-14-13(16)11(2)3/h12H,2,6-10H2,1,3-5H3,(H,14,16). The number of hydrogen-bond donors (Lipinski definition) is 1. The molecule has 3 heteroatoms. The SMILES string of the molecule is C=C(C)C(=O)NCCCN(CCC)C(C)C. The van der Waals surface area contributed by atoms with Crippen LogP contribution in [0.4, 0.5) is 0 Å². The molecule has 0 spiro atoms. The van der Waals surface area contributed by atoms with Gasteiger partial charge in [-0.25, -0.2) is 0 Å². The van der Waals surface area contributed by atoms with Gasteiger partial charge in [0, 0.05) is 24.7 Å². The monoisotopic (exact) mass is 226 g/mol. The topological polar surface area (TPSA) is 32.3 Å². The first-order chi connectivity index (χ1) is 7.49. The molecule has 16 heavy (non-hydrogen) atoms. The predicted octanol–water partition coefficient (Wildman–Crippen LogP) is 2.19. The Morgan fingerprint density at radius 1 is 1.38 bits per heavy atom. The zero-order valence-corrected chi connectivity index (χ0v) is 11.2. The molecular weight excluding hydrogens is 200 g/mol. The Hall–Kier alpha value is -0.830. The van der Waals surface area contributed by atoms with E-state index in [1.165, 1.54) is 6.42 Å². The number of hydrogen-bond acceptors (Lipinski definition) is 2. The van der Waals surface area contributed by atoms with E-state index in [1.54, 1.807) is 6.92 Å². The summed E-state index contributed by atoms with van der Waals surface area (Å²) < 4.78 is 0. The van der Waals surface area contributed by atoms with Gasteiger partial charge in [-0.15, -0.1) is 0 Å². The first-order valence-corrected chi connectivity index (χ1v) is 6.16.